The second kappa shape index (κ2) is 5.28. The molecule has 2 N–H and O–H groups in total. The summed E-state index contributed by atoms with van der Waals surface area (Å²) in [6.45, 7) is 3.18. The maximum atomic E-state index is 12.4. The average Bonchev–Trinajstić information content (AvgIpc) is 2.91. The normalized spacial score (nSPS) is 17.1. The minimum atomic E-state index is 0.0683. The first-order valence-electron chi connectivity index (χ1n) is 5.99. The fourth-order valence-electron chi connectivity index (χ4n) is 2.11. The third-order valence-electron chi connectivity index (χ3n) is 3.10. The van der Waals surface area contributed by atoms with Crippen LogP contribution >= 0.6 is 22.7 Å². The molecule has 1 amide bonds. The summed E-state index contributed by atoms with van der Waals surface area (Å²) < 4.78 is 1.01. The SMILES string of the molecule is O=C(c1cc2c(=NO)ccsc2s1)N1CCNCC1. The van der Waals surface area contributed by atoms with Crippen molar-refractivity contribution in [1.82, 2.24) is 10.2 Å². The standard InChI is InChI=1S/C12H13N3O2S2/c16-11(15-4-2-13-3-5-15)10-7-8-9(14-17)1-6-18-12(8)19-10/h1,6-7,13,17H,2-5H2. The van der Waals surface area contributed by atoms with Gasteiger partial charge in [0.15, 0.2) is 0 Å². The van der Waals surface area contributed by atoms with Crippen LogP contribution in [-0.4, -0.2) is 42.2 Å². The topological polar surface area (TPSA) is 64.9 Å². The molecule has 0 spiro atoms. The number of amides is 1. The maximum absolute atomic E-state index is 12.4. The molecule has 100 valence electrons. The van der Waals surface area contributed by atoms with E-state index in [2.05, 4.69) is 10.5 Å². The van der Waals surface area contributed by atoms with Gasteiger partial charge in [0.25, 0.3) is 5.91 Å². The van der Waals surface area contributed by atoms with Gasteiger partial charge in [-0.3, -0.25) is 4.79 Å². The van der Waals surface area contributed by atoms with Gasteiger partial charge in [-0.15, -0.1) is 22.7 Å². The van der Waals surface area contributed by atoms with E-state index in [1.54, 1.807) is 17.4 Å². The first-order chi connectivity index (χ1) is 9.29. The molecule has 19 heavy (non-hydrogen) atoms. The van der Waals surface area contributed by atoms with Gasteiger partial charge in [0.2, 0.25) is 0 Å². The van der Waals surface area contributed by atoms with Crippen molar-refractivity contribution in [3.05, 3.63) is 27.7 Å². The lowest BCUT2D eigenvalue weighted by molar-refractivity contribution is 0.0741. The van der Waals surface area contributed by atoms with Crippen molar-refractivity contribution in [2.24, 2.45) is 5.16 Å². The zero-order valence-electron chi connectivity index (χ0n) is 10.1. The van der Waals surface area contributed by atoms with E-state index < -0.39 is 0 Å². The van der Waals surface area contributed by atoms with Gasteiger partial charge in [-0.25, -0.2) is 0 Å². The summed E-state index contributed by atoms with van der Waals surface area (Å²) in [5.74, 6) is 0.0683. The van der Waals surface area contributed by atoms with Crippen molar-refractivity contribution in [2.75, 3.05) is 26.2 Å². The molecule has 0 atom stereocenters. The van der Waals surface area contributed by atoms with Gasteiger partial charge < -0.3 is 15.4 Å². The largest absolute Gasteiger partial charge is 0.410 e. The summed E-state index contributed by atoms with van der Waals surface area (Å²) in [7, 11) is 0. The summed E-state index contributed by atoms with van der Waals surface area (Å²) in [5, 5.41) is 18.7. The van der Waals surface area contributed by atoms with Crippen molar-refractivity contribution in [3.63, 3.8) is 0 Å². The summed E-state index contributed by atoms with van der Waals surface area (Å²) >= 11 is 3.02. The van der Waals surface area contributed by atoms with Crippen LogP contribution in [0.5, 0.6) is 0 Å². The van der Waals surface area contributed by atoms with Crippen molar-refractivity contribution >= 4 is 38.0 Å². The number of carbonyl (C=O) groups excluding carboxylic acids is 1. The molecule has 2 aromatic rings. The Labute approximate surface area is 117 Å². The molecule has 2 aromatic heterocycles. The third-order valence-corrected chi connectivity index (χ3v) is 5.26. The molecule has 1 aliphatic rings. The molecule has 1 fully saturated rings. The van der Waals surface area contributed by atoms with E-state index in [9.17, 15) is 4.79 Å². The van der Waals surface area contributed by atoms with Gasteiger partial charge >= 0.3 is 0 Å². The second-order valence-electron chi connectivity index (χ2n) is 4.26. The quantitative estimate of drug-likeness (QED) is 0.615. The van der Waals surface area contributed by atoms with E-state index in [0.717, 1.165) is 35.6 Å². The van der Waals surface area contributed by atoms with E-state index in [1.165, 1.54) is 11.3 Å². The third kappa shape index (κ3) is 2.36. The first-order valence-corrected chi connectivity index (χ1v) is 7.68. The highest BCUT2D eigenvalue weighted by molar-refractivity contribution is 7.37. The predicted molar refractivity (Wildman–Crippen MR) is 75.8 cm³/mol. The molecule has 3 heterocycles. The number of fused-ring (bicyclic) bond motifs is 1. The van der Waals surface area contributed by atoms with Gasteiger partial charge in [0.1, 0.15) is 5.36 Å². The minimum absolute atomic E-state index is 0.0683. The Hall–Kier alpha value is -1.44. The summed E-state index contributed by atoms with van der Waals surface area (Å²) in [5.41, 5.74) is 0. The number of carbonyl (C=O) groups is 1. The second-order valence-corrected chi connectivity index (χ2v) is 6.49. The average molecular weight is 295 g/mol. The number of nitrogens with zero attached hydrogens (tertiary/aromatic N) is 2. The van der Waals surface area contributed by atoms with Crippen LogP contribution in [0.25, 0.3) is 9.40 Å². The fraction of sp³-hybridized carbons (Fsp3) is 0.333. The van der Waals surface area contributed by atoms with E-state index in [1.807, 2.05) is 16.3 Å². The molecule has 0 aromatic carbocycles. The van der Waals surface area contributed by atoms with Crippen molar-refractivity contribution in [1.29, 1.82) is 0 Å². The smallest absolute Gasteiger partial charge is 0.264 e. The zero-order valence-corrected chi connectivity index (χ0v) is 11.8. The molecule has 7 heteroatoms. The Morgan fingerprint density at radius 3 is 2.95 bits per heavy atom. The summed E-state index contributed by atoms with van der Waals surface area (Å²) in [4.78, 5) is 15.0. The van der Waals surface area contributed by atoms with E-state index in [4.69, 9.17) is 5.21 Å². The zero-order chi connectivity index (χ0) is 13.2. The molecule has 0 bridgehead atoms. The number of piperazine rings is 1. The van der Waals surface area contributed by atoms with Crippen LogP contribution in [0.1, 0.15) is 9.67 Å². The van der Waals surface area contributed by atoms with Crippen LogP contribution < -0.4 is 10.7 Å². The first kappa shape index (κ1) is 12.6. The van der Waals surface area contributed by atoms with Crippen molar-refractivity contribution in [2.45, 2.75) is 0 Å². The van der Waals surface area contributed by atoms with Gasteiger partial charge in [-0.2, -0.15) is 0 Å². The minimum Gasteiger partial charge on any atom is -0.410 e. The van der Waals surface area contributed by atoms with Crippen LogP contribution in [0.3, 0.4) is 0 Å². The van der Waals surface area contributed by atoms with Crippen LogP contribution in [0.2, 0.25) is 0 Å². The number of thiophene rings is 1. The van der Waals surface area contributed by atoms with E-state index >= 15 is 0 Å². The lowest BCUT2D eigenvalue weighted by atomic mass is 10.3. The van der Waals surface area contributed by atoms with Gasteiger partial charge in [0, 0.05) is 31.6 Å². The molecular formula is C12H13N3O2S2. The number of rotatable bonds is 1. The highest BCUT2D eigenvalue weighted by Crippen LogP contribution is 2.27. The molecule has 0 aliphatic carbocycles. The molecular weight excluding hydrogens is 282 g/mol. The van der Waals surface area contributed by atoms with E-state index in [0.29, 0.717) is 10.2 Å². The van der Waals surface area contributed by atoms with Crippen LogP contribution in [0.15, 0.2) is 22.7 Å². The highest BCUT2D eigenvalue weighted by atomic mass is 32.2. The van der Waals surface area contributed by atoms with Crippen LogP contribution in [-0.2, 0) is 0 Å². The Bertz CT molecular complexity index is 671. The monoisotopic (exact) mass is 295 g/mol. The Morgan fingerprint density at radius 2 is 2.21 bits per heavy atom. The molecule has 3 rings (SSSR count). The van der Waals surface area contributed by atoms with Gasteiger partial charge in [-0.1, -0.05) is 5.16 Å². The number of nitrogens with one attached hydrogen (secondary N) is 1. The Balaban J connectivity index is 1.99. The molecule has 1 aliphatic heterocycles. The Kier molecular flexibility index (Phi) is 3.50. The Morgan fingerprint density at radius 1 is 1.42 bits per heavy atom. The predicted octanol–water partition coefficient (Wildman–Crippen LogP) is 1.30. The van der Waals surface area contributed by atoms with Crippen molar-refractivity contribution in [3.8, 4) is 0 Å². The van der Waals surface area contributed by atoms with Crippen LogP contribution in [0.4, 0.5) is 0 Å². The van der Waals surface area contributed by atoms with E-state index in [-0.39, 0.29) is 5.91 Å². The van der Waals surface area contributed by atoms with Gasteiger partial charge in [-0.05, 0) is 17.5 Å². The molecule has 0 saturated carbocycles. The lowest BCUT2D eigenvalue weighted by Gasteiger charge is -2.26. The molecule has 0 radical (unpaired) electrons. The molecule has 5 nitrogen and oxygen atoms in total. The lowest BCUT2D eigenvalue weighted by Crippen LogP contribution is -2.46. The number of hydrogen-bond donors (Lipinski definition) is 2. The molecule has 0 unspecified atom stereocenters. The fourth-order valence-corrected chi connectivity index (χ4v) is 4.21. The van der Waals surface area contributed by atoms with Gasteiger partial charge in [0.05, 0.1) is 8.89 Å². The summed E-state index contributed by atoms with van der Waals surface area (Å²) in [6, 6.07) is 3.58. The maximum Gasteiger partial charge on any atom is 0.264 e. The van der Waals surface area contributed by atoms with Crippen molar-refractivity contribution < 1.29 is 10.0 Å². The number of hydrogen-bond acceptors (Lipinski definition) is 6. The summed E-state index contributed by atoms with van der Waals surface area (Å²) in [6.07, 6.45) is 0. The van der Waals surface area contributed by atoms with Crippen LogP contribution in [0, 0.1) is 0 Å². The molecule has 1 saturated heterocycles. The highest BCUT2D eigenvalue weighted by Gasteiger charge is 2.20.